The molecule has 0 aromatic carbocycles. The molecule has 1 fully saturated rings. The number of rotatable bonds is 1. The first-order valence-electron chi connectivity index (χ1n) is 6.06. The fourth-order valence-electron chi connectivity index (χ4n) is 2.26. The molecular weight excluding hydrogens is 246 g/mol. The van der Waals surface area contributed by atoms with E-state index in [9.17, 15) is 10.1 Å². The minimum atomic E-state index is -0.210. The molecule has 0 unspecified atom stereocenters. The molecule has 1 N–H and O–H groups in total. The Kier molecular flexibility index (Phi) is 2.72. The van der Waals surface area contributed by atoms with Gasteiger partial charge in [0.15, 0.2) is 5.65 Å². The van der Waals surface area contributed by atoms with E-state index in [4.69, 9.17) is 4.74 Å². The fourth-order valence-corrected chi connectivity index (χ4v) is 2.26. The summed E-state index contributed by atoms with van der Waals surface area (Å²) in [7, 11) is 0. The van der Waals surface area contributed by atoms with Crippen LogP contribution >= 0.6 is 0 Å². The molecule has 0 radical (unpaired) electrons. The molecule has 1 aliphatic rings. The number of aromatic amines is 1. The predicted molar refractivity (Wildman–Crippen MR) is 68.3 cm³/mol. The molecule has 98 valence electrons. The molecule has 0 atom stereocenters. The van der Waals surface area contributed by atoms with Crippen molar-refractivity contribution in [1.29, 1.82) is 5.26 Å². The number of aryl methyl sites for hydroxylation is 1. The van der Waals surface area contributed by atoms with Gasteiger partial charge in [-0.15, -0.1) is 0 Å². The Bertz CT molecular complexity index is 718. The average molecular weight is 259 g/mol. The van der Waals surface area contributed by atoms with E-state index in [1.54, 1.807) is 6.92 Å². The van der Waals surface area contributed by atoms with Crippen molar-refractivity contribution in [3.8, 4) is 6.07 Å². The van der Waals surface area contributed by atoms with Gasteiger partial charge in [-0.05, 0) is 6.92 Å². The van der Waals surface area contributed by atoms with Crippen molar-refractivity contribution >= 4 is 11.5 Å². The zero-order chi connectivity index (χ0) is 13.4. The molecule has 0 amide bonds. The lowest BCUT2D eigenvalue weighted by atomic mass is 10.3. The smallest absolute Gasteiger partial charge is 0.272 e. The number of nitrogens with zero attached hydrogens (tertiary/aromatic N) is 4. The number of nitriles is 1. The maximum absolute atomic E-state index is 11.9. The van der Waals surface area contributed by atoms with Crippen LogP contribution in [0.2, 0.25) is 0 Å². The van der Waals surface area contributed by atoms with Gasteiger partial charge < -0.3 is 9.64 Å². The number of hydrogen-bond acceptors (Lipinski definition) is 5. The standard InChI is InChI=1S/C12H13N5O2/c1-8-6-10(18)17-11(14-8)9(7-13)12(15-17)16-2-4-19-5-3-16/h6,15H,2-5H2,1H3. The Hall–Kier alpha value is -2.33. The molecule has 2 aromatic heterocycles. The van der Waals surface area contributed by atoms with Gasteiger partial charge >= 0.3 is 0 Å². The van der Waals surface area contributed by atoms with Crippen LogP contribution in [0.15, 0.2) is 10.9 Å². The Morgan fingerprint density at radius 1 is 1.47 bits per heavy atom. The first kappa shape index (κ1) is 11.7. The summed E-state index contributed by atoms with van der Waals surface area (Å²) in [5.74, 6) is 0.640. The topological polar surface area (TPSA) is 86.4 Å². The number of hydrogen-bond donors (Lipinski definition) is 1. The molecule has 0 saturated carbocycles. The lowest BCUT2D eigenvalue weighted by Crippen LogP contribution is -2.37. The summed E-state index contributed by atoms with van der Waals surface area (Å²) in [6.45, 7) is 4.34. The monoisotopic (exact) mass is 259 g/mol. The van der Waals surface area contributed by atoms with Crippen LogP contribution in [0.3, 0.4) is 0 Å². The third-order valence-corrected chi connectivity index (χ3v) is 3.16. The van der Waals surface area contributed by atoms with Gasteiger partial charge in [0, 0.05) is 24.8 Å². The average Bonchev–Trinajstić information content (AvgIpc) is 2.78. The molecule has 7 nitrogen and oxygen atoms in total. The summed E-state index contributed by atoms with van der Waals surface area (Å²) < 4.78 is 6.60. The number of morpholine rings is 1. The number of ether oxygens (including phenoxy) is 1. The van der Waals surface area contributed by atoms with E-state index < -0.39 is 0 Å². The van der Waals surface area contributed by atoms with E-state index in [-0.39, 0.29) is 5.56 Å². The van der Waals surface area contributed by atoms with Crippen LogP contribution in [-0.2, 0) is 4.74 Å². The molecule has 1 aliphatic heterocycles. The van der Waals surface area contributed by atoms with Crippen molar-refractivity contribution < 1.29 is 4.74 Å². The summed E-state index contributed by atoms with van der Waals surface area (Å²) in [6, 6.07) is 3.57. The quantitative estimate of drug-likeness (QED) is 0.781. The molecule has 0 aliphatic carbocycles. The van der Waals surface area contributed by atoms with Crippen LogP contribution in [0.5, 0.6) is 0 Å². The summed E-state index contributed by atoms with van der Waals surface area (Å²) in [5, 5.41) is 12.3. The third-order valence-electron chi connectivity index (χ3n) is 3.16. The highest BCUT2D eigenvalue weighted by Crippen LogP contribution is 2.21. The highest BCUT2D eigenvalue weighted by molar-refractivity contribution is 5.68. The molecule has 19 heavy (non-hydrogen) atoms. The Balaban J connectivity index is 2.22. The van der Waals surface area contributed by atoms with Crippen LogP contribution in [0.25, 0.3) is 5.65 Å². The minimum absolute atomic E-state index is 0.210. The fraction of sp³-hybridized carbons (Fsp3) is 0.417. The Morgan fingerprint density at radius 3 is 2.89 bits per heavy atom. The van der Waals surface area contributed by atoms with Crippen LogP contribution < -0.4 is 10.5 Å². The van der Waals surface area contributed by atoms with E-state index in [2.05, 4.69) is 16.2 Å². The van der Waals surface area contributed by atoms with Crippen molar-refractivity contribution in [3.05, 3.63) is 27.7 Å². The van der Waals surface area contributed by atoms with Crippen molar-refractivity contribution in [2.45, 2.75) is 6.92 Å². The number of fused-ring (bicyclic) bond motifs is 1. The van der Waals surface area contributed by atoms with Gasteiger partial charge in [-0.1, -0.05) is 0 Å². The minimum Gasteiger partial charge on any atom is -0.378 e. The van der Waals surface area contributed by atoms with Gasteiger partial charge in [0.1, 0.15) is 17.5 Å². The highest BCUT2D eigenvalue weighted by Gasteiger charge is 2.21. The van der Waals surface area contributed by atoms with Gasteiger partial charge in [-0.3, -0.25) is 9.89 Å². The summed E-state index contributed by atoms with van der Waals surface area (Å²) in [5.41, 5.74) is 1.18. The third kappa shape index (κ3) is 1.86. The van der Waals surface area contributed by atoms with Crippen LogP contribution in [-0.4, -0.2) is 40.9 Å². The van der Waals surface area contributed by atoms with Crippen LogP contribution in [0.4, 0.5) is 5.82 Å². The molecule has 3 heterocycles. The largest absolute Gasteiger partial charge is 0.378 e. The second kappa shape index (κ2) is 4.40. The zero-order valence-corrected chi connectivity index (χ0v) is 10.5. The molecular formula is C12H13N5O2. The van der Waals surface area contributed by atoms with Crippen LogP contribution in [0.1, 0.15) is 11.3 Å². The first-order valence-corrected chi connectivity index (χ1v) is 6.06. The van der Waals surface area contributed by atoms with Crippen molar-refractivity contribution in [2.24, 2.45) is 0 Å². The second-order valence-electron chi connectivity index (χ2n) is 4.44. The van der Waals surface area contributed by atoms with Gasteiger partial charge in [0.05, 0.1) is 13.2 Å². The van der Waals surface area contributed by atoms with Crippen LogP contribution in [0, 0.1) is 18.3 Å². The van der Waals surface area contributed by atoms with Gasteiger partial charge in [0.25, 0.3) is 5.56 Å². The lowest BCUT2D eigenvalue weighted by Gasteiger charge is -2.27. The molecule has 7 heteroatoms. The normalized spacial score (nSPS) is 15.7. The van der Waals surface area contributed by atoms with Crippen molar-refractivity contribution in [1.82, 2.24) is 14.6 Å². The number of aromatic nitrogens is 3. The first-order chi connectivity index (χ1) is 9.20. The van der Waals surface area contributed by atoms with E-state index >= 15 is 0 Å². The number of nitrogens with one attached hydrogen (secondary N) is 1. The van der Waals surface area contributed by atoms with Gasteiger partial charge in [-0.25, -0.2) is 4.98 Å². The summed E-state index contributed by atoms with van der Waals surface area (Å²) in [4.78, 5) is 18.2. The molecule has 0 bridgehead atoms. The Labute approximate surface area is 109 Å². The Morgan fingerprint density at radius 2 is 2.21 bits per heavy atom. The molecule has 3 rings (SSSR count). The summed E-state index contributed by atoms with van der Waals surface area (Å²) >= 11 is 0. The van der Waals surface area contributed by atoms with Gasteiger partial charge in [0.2, 0.25) is 0 Å². The van der Waals surface area contributed by atoms with E-state index in [0.717, 1.165) is 0 Å². The maximum Gasteiger partial charge on any atom is 0.272 e. The van der Waals surface area contributed by atoms with E-state index in [1.807, 2.05) is 4.90 Å². The van der Waals surface area contributed by atoms with E-state index in [0.29, 0.717) is 49.0 Å². The molecule has 2 aromatic rings. The lowest BCUT2D eigenvalue weighted by molar-refractivity contribution is 0.122. The number of anilines is 1. The highest BCUT2D eigenvalue weighted by atomic mass is 16.5. The van der Waals surface area contributed by atoms with Crippen molar-refractivity contribution in [2.75, 3.05) is 31.2 Å². The summed E-state index contributed by atoms with van der Waals surface area (Å²) in [6.07, 6.45) is 0. The molecule has 0 spiro atoms. The number of H-pyrrole nitrogens is 1. The SMILES string of the molecule is Cc1cc(=O)n2[nH]c(N3CCOCC3)c(C#N)c2n1. The maximum atomic E-state index is 11.9. The predicted octanol–water partition coefficient (Wildman–Crippen LogP) is 0.0393. The molecule has 1 saturated heterocycles. The second-order valence-corrected chi connectivity index (χ2v) is 4.44. The van der Waals surface area contributed by atoms with E-state index in [1.165, 1.54) is 10.6 Å². The van der Waals surface area contributed by atoms with Crippen molar-refractivity contribution in [3.63, 3.8) is 0 Å². The zero-order valence-electron chi connectivity index (χ0n) is 10.5. The van der Waals surface area contributed by atoms with Gasteiger partial charge in [-0.2, -0.15) is 9.78 Å².